The Morgan fingerprint density at radius 2 is 2.17 bits per heavy atom. The van der Waals surface area contributed by atoms with Gasteiger partial charge in [-0.05, 0) is 31.0 Å². The van der Waals surface area contributed by atoms with E-state index in [-0.39, 0.29) is 30.7 Å². The van der Waals surface area contributed by atoms with Crippen molar-refractivity contribution >= 4 is 16.8 Å². The van der Waals surface area contributed by atoms with Gasteiger partial charge in [-0.2, -0.15) is 0 Å². The van der Waals surface area contributed by atoms with E-state index in [0.717, 1.165) is 6.07 Å². The Morgan fingerprint density at radius 1 is 1.43 bits per heavy atom. The normalized spacial score (nSPS) is 21.1. The summed E-state index contributed by atoms with van der Waals surface area (Å²) in [5, 5.41) is 19.4. The number of nitrogens with one attached hydrogen (secondary N) is 1. The zero-order chi connectivity index (χ0) is 16.7. The highest BCUT2D eigenvalue weighted by Crippen LogP contribution is 2.25. The van der Waals surface area contributed by atoms with E-state index in [1.54, 1.807) is 13.0 Å². The third-order valence-corrected chi connectivity index (χ3v) is 4.14. The first-order valence-electron chi connectivity index (χ1n) is 7.33. The number of nitrogens with zero attached hydrogens (tertiary/aromatic N) is 1. The van der Waals surface area contributed by atoms with Crippen molar-refractivity contribution in [3.05, 3.63) is 45.5 Å². The quantitative estimate of drug-likeness (QED) is 0.753. The molecule has 122 valence electrons. The van der Waals surface area contributed by atoms with Crippen LogP contribution in [0.4, 0.5) is 4.39 Å². The third-order valence-electron chi connectivity index (χ3n) is 4.14. The SMILES string of the molecule is Cc1cc(F)c2[nH]c(=O)cc(C(=O)N3C[C@@H](O)C[C@H]3CO)c2c1. The molecule has 1 fully saturated rings. The van der Waals surface area contributed by atoms with Crippen LogP contribution in [0.3, 0.4) is 0 Å². The second-order valence-electron chi connectivity index (χ2n) is 5.90. The molecule has 3 rings (SSSR count). The molecule has 2 atom stereocenters. The van der Waals surface area contributed by atoms with Gasteiger partial charge in [0.2, 0.25) is 5.56 Å². The molecule has 0 bridgehead atoms. The number of amides is 1. The molecule has 1 aromatic heterocycles. The van der Waals surface area contributed by atoms with Gasteiger partial charge in [-0.1, -0.05) is 0 Å². The molecule has 6 nitrogen and oxygen atoms in total. The van der Waals surface area contributed by atoms with E-state index in [1.807, 2.05) is 0 Å². The second-order valence-corrected chi connectivity index (χ2v) is 5.90. The molecule has 23 heavy (non-hydrogen) atoms. The monoisotopic (exact) mass is 320 g/mol. The molecule has 3 N–H and O–H groups in total. The lowest BCUT2D eigenvalue weighted by atomic mass is 10.0. The van der Waals surface area contributed by atoms with Crippen LogP contribution in [0.5, 0.6) is 0 Å². The van der Waals surface area contributed by atoms with Gasteiger partial charge in [0.05, 0.1) is 29.8 Å². The van der Waals surface area contributed by atoms with Crippen molar-refractivity contribution < 1.29 is 19.4 Å². The maximum absolute atomic E-state index is 14.1. The fourth-order valence-electron chi connectivity index (χ4n) is 3.10. The van der Waals surface area contributed by atoms with Crippen LogP contribution in [0, 0.1) is 12.7 Å². The zero-order valence-electron chi connectivity index (χ0n) is 12.5. The van der Waals surface area contributed by atoms with Gasteiger partial charge >= 0.3 is 0 Å². The highest BCUT2D eigenvalue weighted by molar-refractivity contribution is 6.06. The number of likely N-dealkylation sites (tertiary alicyclic amines) is 1. The van der Waals surface area contributed by atoms with Gasteiger partial charge < -0.3 is 20.1 Å². The number of aryl methyl sites for hydroxylation is 1. The number of aliphatic hydroxyl groups is 2. The molecule has 0 spiro atoms. The van der Waals surface area contributed by atoms with E-state index in [9.17, 15) is 24.2 Å². The van der Waals surface area contributed by atoms with E-state index in [1.165, 1.54) is 11.0 Å². The summed E-state index contributed by atoms with van der Waals surface area (Å²) in [5.74, 6) is -1.10. The van der Waals surface area contributed by atoms with Crippen molar-refractivity contribution in [3.8, 4) is 0 Å². The van der Waals surface area contributed by atoms with E-state index in [2.05, 4.69) is 4.98 Å². The van der Waals surface area contributed by atoms with Gasteiger partial charge in [0.25, 0.3) is 5.91 Å². The average Bonchev–Trinajstić information content (AvgIpc) is 2.88. The summed E-state index contributed by atoms with van der Waals surface area (Å²) < 4.78 is 14.1. The fraction of sp³-hybridized carbons (Fsp3) is 0.375. The predicted octanol–water partition coefficient (Wildman–Crippen LogP) is 0.543. The van der Waals surface area contributed by atoms with Crippen molar-refractivity contribution in [2.75, 3.05) is 13.2 Å². The molecule has 1 saturated heterocycles. The summed E-state index contributed by atoms with van der Waals surface area (Å²) in [5.41, 5.74) is 0.0887. The smallest absolute Gasteiger partial charge is 0.255 e. The molecule has 7 heteroatoms. The minimum Gasteiger partial charge on any atom is -0.394 e. The van der Waals surface area contributed by atoms with E-state index in [4.69, 9.17) is 0 Å². The van der Waals surface area contributed by atoms with Crippen molar-refractivity contribution in [3.63, 3.8) is 0 Å². The number of carbonyl (C=O) groups is 1. The lowest BCUT2D eigenvalue weighted by Gasteiger charge is -2.23. The predicted molar refractivity (Wildman–Crippen MR) is 81.8 cm³/mol. The number of aliphatic hydroxyl groups excluding tert-OH is 2. The number of benzene rings is 1. The van der Waals surface area contributed by atoms with E-state index >= 15 is 0 Å². The maximum atomic E-state index is 14.1. The molecule has 1 aromatic carbocycles. The molecule has 1 aliphatic rings. The minimum absolute atomic E-state index is 0.0215. The highest BCUT2D eigenvalue weighted by Gasteiger charge is 2.35. The van der Waals surface area contributed by atoms with Crippen molar-refractivity contribution in [2.24, 2.45) is 0 Å². The first-order chi connectivity index (χ1) is 10.9. The van der Waals surface area contributed by atoms with Crippen molar-refractivity contribution in [1.29, 1.82) is 0 Å². The number of halogens is 1. The molecule has 1 aliphatic heterocycles. The van der Waals surface area contributed by atoms with Gasteiger partial charge in [-0.25, -0.2) is 4.39 Å². The molecular weight excluding hydrogens is 303 g/mol. The molecule has 0 radical (unpaired) electrons. The Hall–Kier alpha value is -2.25. The Balaban J connectivity index is 2.16. The molecular formula is C16H17FN2O4. The largest absolute Gasteiger partial charge is 0.394 e. The Bertz CT molecular complexity index is 833. The number of pyridine rings is 1. The Kier molecular flexibility index (Phi) is 3.91. The number of fused-ring (bicyclic) bond motifs is 1. The van der Waals surface area contributed by atoms with Crippen LogP contribution in [0.2, 0.25) is 0 Å². The summed E-state index contributed by atoms with van der Waals surface area (Å²) in [4.78, 5) is 28.3. The van der Waals surface area contributed by atoms with Gasteiger partial charge in [-0.3, -0.25) is 9.59 Å². The summed E-state index contributed by atoms with van der Waals surface area (Å²) in [7, 11) is 0. The summed E-state index contributed by atoms with van der Waals surface area (Å²) in [6.07, 6.45) is -0.445. The number of β-amino-alcohol motifs (C(OH)–C–C–N with tert-alkyl or cyclic N) is 1. The number of H-pyrrole nitrogens is 1. The van der Waals surface area contributed by atoms with Crippen LogP contribution in [-0.4, -0.2) is 51.3 Å². The first kappa shape index (κ1) is 15.6. The van der Waals surface area contributed by atoms with Crippen LogP contribution in [0.15, 0.2) is 23.0 Å². The van der Waals surface area contributed by atoms with Gasteiger partial charge in [-0.15, -0.1) is 0 Å². The van der Waals surface area contributed by atoms with Crippen molar-refractivity contribution in [1.82, 2.24) is 9.88 Å². The van der Waals surface area contributed by atoms with E-state index < -0.39 is 29.4 Å². The maximum Gasteiger partial charge on any atom is 0.255 e. The minimum atomic E-state index is -0.720. The van der Waals surface area contributed by atoms with Gasteiger partial charge in [0.1, 0.15) is 5.82 Å². The van der Waals surface area contributed by atoms with Gasteiger partial charge in [0.15, 0.2) is 0 Å². The third kappa shape index (κ3) is 2.73. The number of aromatic amines is 1. The molecule has 0 saturated carbocycles. The van der Waals surface area contributed by atoms with Crippen molar-refractivity contribution in [2.45, 2.75) is 25.5 Å². The fourth-order valence-corrected chi connectivity index (χ4v) is 3.10. The summed E-state index contributed by atoms with van der Waals surface area (Å²) >= 11 is 0. The van der Waals surface area contributed by atoms with Gasteiger partial charge in [0, 0.05) is 18.0 Å². The number of hydrogen-bond donors (Lipinski definition) is 3. The number of aromatic nitrogens is 1. The first-order valence-corrected chi connectivity index (χ1v) is 7.33. The lowest BCUT2D eigenvalue weighted by Crippen LogP contribution is -2.38. The van der Waals surface area contributed by atoms with Crippen LogP contribution in [-0.2, 0) is 0 Å². The second kappa shape index (κ2) is 5.75. The molecule has 2 aromatic rings. The van der Waals surface area contributed by atoms with Crippen LogP contribution < -0.4 is 5.56 Å². The standard InChI is InChI=1S/C16H17FN2O4/c1-8-2-11-12(5-14(22)18-15(11)13(17)3-8)16(23)19-6-10(21)4-9(19)7-20/h2-3,5,9-10,20-21H,4,6-7H2,1H3,(H,18,22)/t9-,10-/m0/s1. The molecule has 1 amide bonds. The zero-order valence-corrected chi connectivity index (χ0v) is 12.5. The molecule has 2 heterocycles. The number of hydrogen-bond acceptors (Lipinski definition) is 4. The topological polar surface area (TPSA) is 93.6 Å². The number of rotatable bonds is 2. The highest BCUT2D eigenvalue weighted by atomic mass is 19.1. The Labute approximate surface area is 131 Å². The lowest BCUT2D eigenvalue weighted by molar-refractivity contribution is 0.0666. The summed E-state index contributed by atoms with van der Waals surface area (Å²) in [6, 6.07) is 3.52. The van der Waals surface area contributed by atoms with Crippen LogP contribution in [0.25, 0.3) is 10.9 Å². The molecule has 0 aliphatic carbocycles. The average molecular weight is 320 g/mol. The van der Waals surface area contributed by atoms with Crippen LogP contribution in [0.1, 0.15) is 22.3 Å². The molecule has 0 unspecified atom stereocenters. The summed E-state index contributed by atoms with van der Waals surface area (Å²) in [6.45, 7) is 1.49. The number of carbonyl (C=O) groups excluding carboxylic acids is 1. The Morgan fingerprint density at radius 3 is 2.87 bits per heavy atom. The van der Waals surface area contributed by atoms with Crippen LogP contribution >= 0.6 is 0 Å². The van der Waals surface area contributed by atoms with E-state index in [0.29, 0.717) is 10.9 Å².